The van der Waals surface area contributed by atoms with Crippen LogP contribution in [0.4, 0.5) is 5.69 Å². The van der Waals surface area contributed by atoms with Gasteiger partial charge in [-0.15, -0.1) is 0 Å². The number of hydrogen-bond acceptors (Lipinski definition) is 5. The van der Waals surface area contributed by atoms with Gasteiger partial charge in [-0.05, 0) is 43.2 Å². The number of ether oxygens (including phenoxy) is 1. The molecule has 4 rings (SSSR count). The molecule has 30 heavy (non-hydrogen) atoms. The lowest BCUT2D eigenvalue weighted by molar-refractivity contribution is -0.119. The topological polar surface area (TPSA) is 90.3 Å². The standard InChI is InChI=1S/C22H20ClN3O4/c23-16-6-3-4-7-17(16)25-20(27)13-30-22(29)14-9-10-15-18(12-14)24-19-8-2-1-5-11-26(19)21(15)28/h3-4,6-7,9-10,12H,1-2,5,8,11,13H2,(H,25,27). The van der Waals surface area contributed by atoms with Crippen LogP contribution in [0.15, 0.2) is 47.3 Å². The van der Waals surface area contributed by atoms with Crippen LogP contribution in [0.1, 0.15) is 35.4 Å². The van der Waals surface area contributed by atoms with Crippen LogP contribution in [0.25, 0.3) is 10.9 Å². The molecule has 3 aromatic rings. The highest BCUT2D eigenvalue weighted by Crippen LogP contribution is 2.20. The van der Waals surface area contributed by atoms with Gasteiger partial charge >= 0.3 is 5.97 Å². The van der Waals surface area contributed by atoms with Gasteiger partial charge in [0.05, 0.1) is 27.2 Å². The molecular formula is C22H20ClN3O4. The lowest BCUT2D eigenvalue weighted by Crippen LogP contribution is -2.25. The summed E-state index contributed by atoms with van der Waals surface area (Å²) in [6.45, 7) is 0.212. The number of aromatic nitrogens is 2. The zero-order valence-corrected chi connectivity index (χ0v) is 16.9. The average molecular weight is 426 g/mol. The number of benzene rings is 2. The van der Waals surface area contributed by atoms with E-state index in [1.165, 1.54) is 12.1 Å². The van der Waals surface area contributed by atoms with Gasteiger partial charge in [-0.1, -0.05) is 30.2 Å². The Morgan fingerprint density at radius 2 is 1.97 bits per heavy atom. The molecule has 1 amide bonds. The Labute approximate surface area is 177 Å². The Bertz CT molecular complexity index is 1190. The molecule has 7 nitrogen and oxygen atoms in total. The first-order chi connectivity index (χ1) is 14.5. The maximum Gasteiger partial charge on any atom is 0.338 e. The van der Waals surface area contributed by atoms with Crippen LogP contribution < -0.4 is 10.9 Å². The smallest absolute Gasteiger partial charge is 0.338 e. The summed E-state index contributed by atoms with van der Waals surface area (Å²) in [6.07, 6.45) is 3.75. The summed E-state index contributed by atoms with van der Waals surface area (Å²) in [7, 11) is 0. The van der Waals surface area contributed by atoms with Gasteiger partial charge in [-0.2, -0.15) is 0 Å². The third kappa shape index (κ3) is 4.21. The molecule has 2 heterocycles. The molecule has 0 spiro atoms. The number of fused-ring (bicyclic) bond motifs is 2. The predicted octanol–water partition coefficient (Wildman–Crippen LogP) is 3.57. The highest BCUT2D eigenvalue weighted by molar-refractivity contribution is 6.33. The van der Waals surface area contributed by atoms with Gasteiger partial charge in [0.25, 0.3) is 11.5 Å². The van der Waals surface area contributed by atoms with Crippen molar-refractivity contribution < 1.29 is 14.3 Å². The summed E-state index contributed by atoms with van der Waals surface area (Å²) >= 11 is 6.00. The zero-order valence-electron chi connectivity index (χ0n) is 16.2. The van der Waals surface area contributed by atoms with E-state index in [9.17, 15) is 14.4 Å². The van der Waals surface area contributed by atoms with E-state index >= 15 is 0 Å². The summed E-state index contributed by atoms with van der Waals surface area (Å²) in [5.74, 6) is -0.420. The van der Waals surface area contributed by atoms with Crippen LogP contribution >= 0.6 is 11.6 Å². The highest BCUT2D eigenvalue weighted by Gasteiger charge is 2.16. The number of para-hydroxylation sites is 1. The number of anilines is 1. The fraction of sp³-hybridized carbons (Fsp3) is 0.273. The zero-order chi connectivity index (χ0) is 21.1. The molecule has 1 N–H and O–H groups in total. The lowest BCUT2D eigenvalue weighted by Gasteiger charge is -2.11. The van der Waals surface area contributed by atoms with Gasteiger partial charge in [0.2, 0.25) is 0 Å². The van der Waals surface area contributed by atoms with Crippen molar-refractivity contribution in [2.24, 2.45) is 0 Å². The van der Waals surface area contributed by atoms with E-state index in [0.717, 1.165) is 31.5 Å². The third-order valence-corrected chi connectivity index (χ3v) is 5.36. The maximum absolute atomic E-state index is 12.8. The molecule has 0 radical (unpaired) electrons. The fourth-order valence-corrected chi connectivity index (χ4v) is 3.69. The minimum absolute atomic E-state index is 0.0871. The normalized spacial score (nSPS) is 13.4. The van der Waals surface area contributed by atoms with Gasteiger partial charge in [-0.3, -0.25) is 14.2 Å². The number of esters is 1. The van der Waals surface area contributed by atoms with Gasteiger partial charge < -0.3 is 10.1 Å². The summed E-state index contributed by atoms with van der Waals surface area (Å²) in [5.41, 5.74) is 1.05. The summed E-state index contributed by atoms with van der Waals surface area (Å²) < 4.78 is 6.84. The molecule has 0 fully saturated rings. The van der Waals surface area contributed by atoms with E-state index in [0.29, 0.717) is 28.2 Å². The van der Waals surface area contributed by atoms with Crippen molar-refractivity contribution in [2.75, 3.05) is 11.9 Å². The van der Waals surface area contributed by atoms with Crippen LogP contribution in [0.5, 0.6) is 0 Å². The number of hydrogen-bond donors (Lipinski definition) is 1. The van der Waals surface area contributed by atoms with E-state index in [1.807, 2.05) is 0 Å². The van der Waals surface area contributed by atoms with E-state index in [4.69, 9.17) is 16.3 Å². The highest BCUT2D eigenvalue weighted by atomic mass is 35.5. The van der Waals surface area contributed by atoms with Crippen molar-refractivity contribution in [1.29, 1.82) is 0 Å². The minimum Gasteiger partial charge on any atom is -0.452 e. The quantitative estimate of drug-likeness (QED) is 0.645. The first-order valence-electron chi connectivity index (χ1n) is 9.78. The minimum atomic E-state index is -0.664. The number of nitrogens with one attached hydrogen (secondary N) is 1. The van der Waals surface area contributed by atoms with Gasteiger partial charge in [0, 0.05) is 13.0 Å². The van der Waals surface area contributed by atoms with Gasteiger partial charge in [0.15, 0.2) is 6.61 Å². The Morgan fingerprint density at radius 1 is 1.13 bits per heavy atom. The molecule has 154 valence electrons. The van der Waals surface area contributed by atoms with Crippen molar-refractivity contribution >= 4 is 40.1 Å². The molecule has 0 bridgehead atoms. The largest absolute Gasteiger partial charge is 0.452 e. The molecule has 0 aliphatic carbocycles. The predicted molar refractivity (Wildman–Crippen MR) is 114 cm³/mol. The van der Waals surface area contributed by atoms with Crippen LogP contribution in [0.3, 0.4) is 0 Å². The number of nitrogens with zero attached hydrogens (tertiary/aromatic N) is 2. The van der Waals surface area contributed by atoms with E-state index in [1.54, 1.807) is 34.9 Å². The molecule has 0 saturated carbocycles. The van der Waals surface area contributed by atoms with E-state index < -0.39 is 18.5 Å². The van der Waals surface area contributed by atoms with Crippen LogP contribution in [-0.2, 0) is 22.5 Å². The summed E-state index contributed by atoms with van der Waals surface area (Å²) in [4.78, 5) is 41.8. The summed E-state index contributed by atoms with van der Waals surface area (Å²) in [6, 6.07) is 11.4. The average Bonchev–Trinajstić information content (AvgIpc) is 2.99. The summed E-state index contributed by atoms with van der Waals surface area (Å²) in [5, 5.41) is 3.45. The van der Waals surface area contributed by atoms with Crippen LogP contribution in [0.2, 0.25) is 5.02 Å². The number of aryl methyl sites for hydroxylation is 1. The van der Waals surface area contributed by atoms with Crippen molar-refractivity contribution in [3.63, 3.8) is 0 Å². The number of amides is 1. The third-order valence-electron chi connectivity index (χ3n) is 5.03. The molecule has 0 unspecified atom stereocenters. The maximum atomic E-state index is 12.8. The SMILES string of the molecule is O=C(COC(=O)c1ccc2c(=O)n3c(nc2c1)CCCCC3)Nc1ccccc1Cl. The van der Waals surface area contributed by atoms with Crippen molar-refractivity contribution in [3.8, 4) is 0 Å². The van der Waals surface area contributed by atoms with Gasteiger partial charge in [0.1, 0.15) is 5.82 Å². The molecule has 0 saturated heterocycles. The second kappa shape index (κ2) is 8.67. The second-order valence-corrected chi connectivity index (χ2v) is 7.54. The Kier molecular flexibility index (Phi) is 5.81. The number of halogens is 1. The van der Waals surface area contributed by atoms with Gasteiger partial charge in [-0.25, -0.2) is 9.78 Å². The van der Waals surface area contributed by atoms with E-state index in [2.05, 4.69) is 10.3 Å². The number of rotatable bonds is 4. The van der Waals surface area contributed by atoms with Crippen LogP contribution in [0, 0.1) is 0 Å². The number of carbonyl (C=O) groups is 2. The number of carbonyl (C=O) groups excluding carboxylic acids is 2. The fourth-order valence-electron chi connectivity index (χ4n) is 3.51. The lowest BCUT2D eigenvalue weighted by atomic mass is 10.1. The van der Waals surface area contributed by atoms with Crippen molar-refractivity contribution in [2.45, 2.75) is 32.2 Å². The Morgan fingerprint density at radius 3 is 2.80 bits per heavy atom. The first-order valence-corrected chi connectivity index (χ1v) is 10.2. The Hall–Kier alpha value is -3.19. The molecular weight excluding hydrogens is 406 g/mol. The monoisotopic (exact) mass is 425 g/mol. The van der Waals surface area contributed by atoms with Crippen molar-refractivity contribution in [3.05, 3.63) is 69.2 Å². The molecule has 8 heteroatoms. The first kappa shape index (κ1) is 20.1. The van der Waals surface area contributed by atoms with E-state index in [-0.39, 0.29) is 11.1 Å². The molecule has 0 atom stereocenters. The Balaban J connectivity index is 1.49. The van der Waals surface area contributed by atoms with Crippen molar-refractivity contribution in [1.82, 2.24) is 9.55 Å². The molecule has 2 aromatic carbocycles. The molecule has 1 aromatic heterocycles. The van der Waals surface area contributed by atoms with Crippen LogP contribution in [-0.4, -0.2) is 28.0 Å². The second-order valence-electron chi connectivity index (χ2n) is 7.13. The molecule has 1 aliphatic rings. The molecule has 1 aliphatic heterocycles.